The first-order valence-corrected chi connectivity index (χ1v) is 12.4. The quantitative estimate of drug-likeness (QED) is 0.348. The fourth-order valence-electron chi connectivity index (χ4n) is 4.49. The summed E-state index contributed by atoms with van der Waals surface area (Å²) in [5, 5.41) is 9.85. The van der Waals surface area contributed by atoms with Gasteiger partial charge in [0.2, 0.25) is 0 Å². The van der Waals surface area contributed by atoms with Gasteiger partial charge in [-0.05, 0) is 54.0 Å². The molecular weight excluding hydrogens is 471 g/mol. The van der Waals surface area contributed by atoms with E-state index < -0.39 is 0 Å². The van der Waals surface area contributed by atoms with E-state index in [1.807, 2.05) is 36.5 Å². The second kappa shape index (κ2) is 9.04. The van der Waals surface area contributed by atoms with E-state index in [1.54, 1.807) is 24.0 Å². The predicted octanol–water partition coefficient (Wildman–Crippen LogP) is 3.34. The number of hydrogen-bond donors (Lipinski definition) is 1. The van der Waals surface area contributed by atoms with Gasteiger partial charge in [-0.15, -0.1) is 9.24 Å². The van der Waals surface area contributed by atoms with Crippen LogP contribution in [0.4, 0.5) is 0 Å². The number of ether oxygens (including phenoxy) is 1. The van der Waals surface area contributed by atoms with Gasteiger partial charge >= 0.3 is 0 Å². The van der Waals surface area contributed by atoms with Crippen LogP contribution in [0.1, 0.15) is 34.5 Å². The first-order chi connectivity index (χ1) is 17.5. The van der Waals surface area contributed by atoms with Crippen molar-refractivity contribution in [2.75, 3.05) is 13.7 Å². The zero-order valence-electron chi connectivity index (χ0n) is 19.8. The Labute approximate surface area is 210 Å². The van der Waals surface area contributed by atoms with Crippen molar-refractivity contribution in [1.82, 2.24) is 29.9 Å². The summed E-state index contributed by atoms with van der Waals surface area (Å²) in [5.41, 5.74) is 5.04. The lowest BCUT2D eigenvalue weighted by molar-refractivity contribution is 0.0883. The third-order valence-electron chi connectivity index (χ3n) is 6.60. The molecule has 1 atom stereocenters. The molecule has 6 rings (SSSR count). The summed E-state index contributed by atoms with van der Waals surface area (Å²) in [6, 6.07) is 15.9. The number of aromatic nitrogens is 5. The number of fused-ring (bicyclic) bond motifs is 2. The van der Waals surface area contributed by atoms with Crippen molar-refractivity contribution in [1.29, 1.82) is 0 Å². The minimum absolute atomic E-state index is 0.0925. The van der Waals surface area contributed by atoms with Gasteiger partial charge in [-0.3, -0.25) is 9.78 Å². The number of nitrogens with one attached hydrogen (secondary N) is 1. The first-order valence-electron chi connectivity index (χ1n) is 11.8. The van der Waals surface area contributed by atoms with E-state index in [1.165, 1.54) is 0 Å². The molecule has 3 aromatic heterocycles. The number of carbonyl (C=O) groups is 1. The van der Waals surface area contributed by atoms with Crippen LogP contribution in [0.3, 0.4) is 0 Å². The zero-order chi connectivity index (χ0) is 24.7. The second-order valence-corrected chi connectivity index (χ2v) is 9.90. The standard InChI is InChI=1S/C27H25N6O2P/c1-35-16-27(8-9-27)31-25(34)21-6-5-19(13-24(21)36)23-15-30-26-29-14-20(33(26)32-23)12-17-4-7-22-18(11-17)3-2-10-28-22/h2-7,10-11,13-15H,8-9,12,16,36H2,1H3,(H,31,34). The topological polar surface area (TPSA) is 94.3 Å². The van der Waals surface area contributed by atoms with Gasteiger partial charge in [0.25, 0.3) is 11.7 Å². The van der Waals surface area contributed by atoms with Gasteiger partial charge in [0.1, 0.15) is 5.69 Å². The normalized spacial score (nSPS) is 14.3. The average molecular weight is 497 g/mol. The third kappa shape index (κ3) is 4.34. The zero-order valence-corrected chi connectivity index (χ0v) is 21.0. The van der Waals surface area contributed by atoms with Crippen LogP contribution in [0.2, 0.25) is 0 Å². The lowest BCUT2D eigenvalue weighted by atomic mass is 10.1. The molecule has 1 amide bonds. The molecule has 0 radical (unpaired) electrons. The van der Waals surface area contributed by atoms with E-state index in [4.69, 9.17) is 9.84 Å². The molecule has 1 saturated carbocycles. The molecule has 0 spiro atoms. The number of imidazole rings is 1. The number of rotatable bonds is 7. The Kier molecular flexibility index (Phi) is 5.70. The number of nitrogens with zero attached hydrogens (tertiary/aromatic N) is 5. The number of hydrogen-bond acceptors (Lipinski definition) is 6. The van der Waals surface area contributed by atoms with Crippen molar-refractivity contribution in [3.8, 4) is 11.3 Å². The van der Waals surface area contributed by atoms with Crippen LogP contribution >= 0.6 is 9.24 Å². The number of pyridine rings is 1. The second-order valence-electron chi connectivity index (χ2n) is 9.28. The van der Waals surface area contributed by atoms with E-state index in [2.05, 4.69) is 47.7 Å². The summed E-state index contributed by atoms with van der Waals surface area (Å²) in [6.07, 6.45) is 7.88. The third-order valence-corrected chi connectivity index (χ3v) is 7.08. The van der Waals surface area contributed by atoms with Crippen molar-refractivity contribution < 1.29 is 9.53 Å². The molecule has 5 aromatic rings. The SMILES string of the molecule is COCC1(NC(=O)c2ccc(-c3cnc4ncc(Cc5ccc6ncccc6c5)n4n3)cc2P)CC1. The van der Waals surface area contributed by atoms with Gasteiger partial charge < -0.3 is 10.1 Å². The maximum Gasteiger partial charge on any atom is 0.252 e. The highest BCUT2D eigenvalue weighted by molar-refractivity contribution is 7.27. The molecule has 1 fully saturated rings. The first kappa shape index (κ1) is 22.7. The van der Waals surface area contributed by atoms with Crippen LogP contribution in [0.5, 0.6) is 0 Å². The smallest absolute Gasteiger partial charge is 0.252 e. The molecule has 8 nitrogen and oxygen atoms in total. The van der Waals surface area contributed by atoms with Gasteiger partial charge in [-0.1, -0.05) is 18.2 Å². The predicted molar refractivity (Wildman–Crippen MR) is 141 cm³/mol. The molecule has 9 heteroatoms. The van der Waals surface area contributed by atoms with Gasteiger partial charge in [0.15, 0.2) is 0 Å². The molecule has 180 valence electrons. The molecule has 0 aliphatic heterocycles. The van der Waals surface area contributed by atoms with Gasteiger partial charge in [-0.25, -0.2) is 14.5 Å². The number of amides is 1. The Morgan fingerprint density at radius 1 is 1.11 bits per heavy atom. The molecule has 0 bridgehead atoms. The van der Waals surface area contributed by atoms with Crippen molar-refractivity contribution in [3.05, 3.63) is 83.9 Å². The van der Waals surface area contributed by atoms with Crippen molar-refractivity contribution in [2.24, 2.45) is 0 Å². The molecule has 0 saturated heterocycles. The van der Waals surface area contributed by atoms with Crippen molar-refractivity contribution >= 4 is 37.1 Å². The maximum absolute atomic E-state index is 12.9. The molecule has 36 heavy (non-hydrogen) atoms. The van der Waals surface area contributed by atoms with Crippen molar-refractivity contribution in [3.63, 3.8) is 0 Å². The van der Waals surface area contributed by atoms with Gasteiger partial charge in [0, 0.05) is 36.2 Å². The fraction of sp³-hybridized carbons (Fsp3) is 0.222. The molecule has 3 heterocycles. The Morgan fingerprint density at radius 2 is 1.97 bits per heavy atom. The summed E-state index contributed by atoms with van der Waals surface area (Å²) in [6.45, 7) is 0.530. The summed E-state index contributed by atoms with van der Waals surface area (Å²) in [7, 11) is 4.32. The highest BCUT2D eigenvalue weighted by atomic mass is 31.0. The molecular formula is C27H25N6O2P. The molecule has 1 unspecified atom stereocenters. The fourth-order valence-corrected chi connectivity index (χ4v) is 4.89. The minimum Gasteiger partial charge on any atom is -0.382 e. The van der Waals surface area contributed by atoms with Gasteiger partial charge in [-0.2, -0.15) is 5.10 Å². The van der Waals surface area contributed by atoms with Crippen LogP contribution in [-0.2, 0) is 11.2 Å². The van der Waals surface area contributed by atoms with Gasteiger partial charge in [0.05, 0.1) is 35.8 Å². The minimum atomic E-state index is -0.225. The lowest BCUT2D eigenvalue weighted by Gasteiger charge is -2.17. The molecule has 2 aromatic carbocycles. The van der Waals surface area contributed by atoms with E-state index in [0.29, 0.717) is 30.1 Å². The largest absolute Gasteiger partial charge is 0.382 e. The monoisotopic (exact) mass is 496 g/mol. The highest BCUT2D eigenvalue weighted by Gasteiger charge is 2.44. The average Bonchev–Trinajstić information content (AvgIpc) is 3.53. The number of methoxy groups -OCH3 is 1. The summed E-state index contributed by atoms with van der Waals surface area (Å²) in [5.74, 6) is 0.455. The molecule has 1 N–H and O–H groups in total. The van der Waals surface area contributed by atoms with E-state index in [-0.39, 0.29) is 11.4 Å². The Morgan fingerprint density at radius 3 is 2.78 bits per heavy atom. The summed E-state index contributed by atoms with van der Waals surface area (Å²) < 4.78 is 7.05. The number of benzene rings is 2. The van der Waals surface area contributed by atoms with Crippen LogP contribution in [-0.4, -0.2) is 49.7 Å². The van der Waals surface area contributed by atoms with Crippen LogP contribution in [0.25, 0.3) is 27.9 Å². The Bertz CT molecular complexity index is 1610. The van der Waals surface area contributed by atoms with Crippen molar-refractivity contribution in [2.45, 2.75) is 24.8 Å². The van der Waals surface area contributed by atoms with Crippen LogP contribution < -0.4 is 10.6 Å². The molecule has 1 aliphatic carbocycles. The van der Waals surface area contributed by atoms with E-state index >= 15 is 0 Å². The summed E-state index contributed by atoms with van der Waals surface area (Å²) >= 11 is 0. The summed E-state index contributed by atoms with van der Waals surface area (Å²) in [4.78, 5) is 26.2. The van der Waals surface area contributed by atoms with E-state index in [0.717, 1.165) is 45.9 Å². The van der Waals surface area contributed by atoms with Crippen LogP contribution in [0.15, 0.2) is 67.1 Å². The molecule has 1 aliphatic rings. The Hall–Kier alpha value is -3.74. The number of carbonyl (C=O) groups excluding carboxylic acids is 1. The van der Waals surface area contributed by atoms with E-state index in [9.17, 15) is 4.79 Å². The highest BCUT2D eigenvalue weighted by Crippen LogP contribution is 2.35. The lowest BCUT2D eigenvalue weighted by Crippen LogP contribution is -2.41. The van der Waals surface area contributed by atoms with Crippen LogP contribution in [0, 0.1) is 0 Å². The maximum atomic E-state index is 12.9. The Balaban J connectivity index is 1.27.